The van der Waals surface area contributed by atoms with Crippen LogP contribution in [0, 0.1) is 5.92 Å². The summed E-state index contributed by atoms with van der Waals surface area (Å²) in [7, 11) is 3.13. The van der Waals surface area contributed by atoms with E-state index in [1.54, 1.807) is 38.6 Å². The van der Waals surface area contributed by atoms with Gasteiger partial charge in [0, 0.05) is 36.1 Å². The molecule has 0 atom stereocenters. The van der Waals surface area contributed by atoms with Crippen LogP contribution < -0.4 is 25.4 Å². The predicted molar refractivity (Wildman–Crippen MR) is 133 cm³/mol. The van der Waals surface area contributed by atoms with E-state index in [9.17, 15) is 9.90 Å². The maximum Gasteiger partial charge on any atom is 0.271 e. The summed E-state index contributed by atoms with van der Waals surface area (Å²) in [5, 5.41) is 12.7. The van der Waals surface area contributed by atoms with Gasteiger partial charge >= 0.3 is 0 Å². The number of carbonyl (C=O) groups excluding carboxylic acids is 1. The topological polar surface area (TPSA) is 123 Å². The van der Waals surface area contributed by atoms with Crippen LogP contribution in [0.15, 0.2) is 42.6 Å². The molecular formula is C26H29N5O4. The second-order valence-corrected chi connectivity index (χ2v) is 9.04. The first kappa shape index (κ1) is 22.9. The van der Waals surface area contributed by atoms with Crippen LogP contribution in [0.3, 0.4) is 0 Å². The van der Waals surface area contributed by atoms with Crippen LogP contribution in [0.5, 0.6) is 11.5 Å². The Labute approximate surface area is 203 Å². The van der Waals surface area contributed by atoms with Gasteiger partial charge in [0.05, 0.1) is 32.2 Å². The highest BCUT2D eigenvalue weighted by Crippen LogP contribution is 2.36. The smallest absolute Gasteiger partial charge is 0.271 e. The number of anilines is 3. The molecule has 1 amide bonds. The van der Waals surface area contributed by atoms with Gasteiger partial charge in [0.2, 0.25) is 0 Å². The van der Waals surface area contributed by atoms with Crippen LogP contribution in [-0.2, 0) is 6.42 Å². The number of ether oxygens (including phenoxy) is 2. The first-order chi connectivity index (χ1) is 16.9. The van der Waals surface area contributed by atoms with Gasteiger partial charge in [-0.15, -0.1) is 0 Å². The van der Waals surface area contributed by atoms with Crippen molar-refractivity contribution in [3.05, 3.63) is 53.9 Å². The van der Waals surface area contributed by atoms with Crippen molar-refractivity contribution < 1.29 is 19.4 Å². The Morgan fingerprint density at radius 3 is 2.69 bits per heavy atom. The number of aliphatic hydroxyl groups excluding tert-OH is 1. The Morgan fingerprint density at radius 2 is 1.97 bits per heavy atom. The lowest BCUT2D eigenvalue weighted by molar-refractivity contribution is 0.0462. The van der Waals surface area contributed by atoms with Gasteiger partial charge in [0.1, 0.15) is 0 Å². The molecule has 1 fully saturated rings. The molecule has 0 bridgehead atoms. The van der Waals surface area contributed by atoms with Crippen LogP contribution in [0.2, 0.25) is 0 Å². The van der Waals surface area contributed by atoms with Crippen molar-refractivity contribution >= 4 is 23.1 Å². The van der Waals surface area contributed by atoms with Crippen molar-refractivity contribution in [1.29, 1.82) is 0 Å². The number of nitrogens with one attached hydrogen (secondary N) is 1. The quantitative estimate of drug-likeness (QED) is 0.454. The van der Waals surface area contributed by atoms with Crippen LogP contribution >= 0.6 is 0 Å². The standard InChI is InChI=1S/C26H29N5O4/c1-34-22-6-4-18(12-23(22)35-2)29-26-24(25(27)33)28-13-20(30-26)16-3-5-21-17(11-16)7-8-31(21)14-15-9-19(32)10-15/h3-6,11-13,15,19,32H,7-10,14H2,1-2H3,(H2,27,33)(H,29,30). The summed E-state index contributed by atoms with van der Waals surface area (Å²) < 4.78 is 10.7. The van der Waals surface area contributed by atoms with Gasteiger partial charge in [0.25, 0.3) is 5.91 Å². The van der Waals surface area contributed by atoms with Crippen LogP contribution in [0.4, 0.5) is 17.2 Å². The Balaban J connectivity index is 1.41. The Hall–Kier alpha value is -3.85. The fourth-order valence-electron chi connectivity index (χ4n) is 4.83. The molecule has 9 nitrogen and oxygen atoms in total. The third-order valence-corrected chi connectivity index (χ3v) is 6.71. The third kappa shape index (κ3) is 4.59. The Kier molecular flexibility index (Phi) is 6.17. The largest absolute Gasteiger partial charge is 0.493 e. The number of primary amides is 1. The fraction of sp³-hybridized carbons (Fsp3) is 0.346. The van der Waals surface area contributed by atoms with Crippen molar-refractivity contribution in [2.75, 3.05) is 37.5 Å². The number of aliphatic hydroxyl groups is 1. The number of hydrogen-bond acceptors (Lipinski definition) is 8. The number of amides is 1. The molecule has 5 rings (SSSR count). The van der Waals surface area contributed by atoms with E-state index in [0.29, 0.717) is 28.8 Å². The van der Waals surface area contributed by atoms with Gasteiger partial charge in [-0.25, -0.2) is 9.97 Å². The number of carbonyl (C=O) groups is 1. The number of methoxy groups -OCH3 is 2. The van der Waals surface area contributed by atoms with E-state index in [1.807, 2.05) is 6.07 Å². The van der Waals surface area contributed by atoms with Crippen molar-refractivity contribution in [3.8, 4) is 22.8 Å². The Bertz CT molecular complexity index is 1260. The van der Waals surface area contributed by atoms with Crippen LogP contribution in [0.25, 0.3) is 11.3 Å². The molecule has 0 saturated heterocycles. The summed E-state index contributed by atoms with van der Waals surface area (Å²) in [5.74, 6) is 1.30. The Morgan fingerprint density at radius 1 is 1.17 bits per heavy atom. The lowest BCUT2D eigenvalue weighted by Crippen LogP contribution is -2.38. The zero-order valence-electron chi connectivity index (χ0n) is 19.8. The molecule has 1 aromatic heterocycles. The second-order valence-electron chi connectivity index (χ2n) is 9.04. The first-order valence-corrected chi connectivity index (χ1v) is 11.7. The highest BCUT2D eigenvalue weighted by molar-refractivity contribution is 5.96. The van der Waals surface area contributed by atoms with E-state index in [2.05, 4.69) is 27.3 Å². The number of fused-ring (bicyclic) bond motifs is 1. The lowest BCUT2D eigenvalue weighted by atomic mass is 9.82. The molecule has 3 aromatic rings. The van der Waals surface area contributed by atoms with E-state index >= 15 is 0 Å². The third-order valence-electron chi connectivity index (χ3n) is 6.71. The van der Waals surface area contributed by atoms with Crippen molar-refractivity contribution in [2.24, 2.45) is 11.7 Å². The van der Waals surface area contributed by atoms with Gasteiger partial charge < -0.3 is 30.5 Å². The maximum atomic E-state index is 12.0. The van der Waals surface area contributed by atoms with E-state index < -0.39 is 5.91 Å². The zero-order chi connectivity index (χ0) is 24.5. The molecular weight excluding hydrogens is 446 g/mol. The molecule has 4 N–H and O–H groups in total. The minimum atomic E-state index is -0.669. The van der Waals surface area contributed by atoms with Gasteiger partial charge in [-0.3, -0.25) is 4.79 Å². The van der Waals surface area contributed by atoms with E-state index in [4.69, 9.17) is 20.2 Å². The maximum absolute atomic E-state index is 12.0. The molecule has 2 aromatic carbocycles. The van der Waals surface area contributed by atoms with Crippen LogP contribution in [-0.4, -0.2) is 54.4 Å². The van der Waals surface area contributed by atoms with E-state index in [0.717, 1.165) is 37.9 Å². The second kappa shape index (κ2) is 9.42. The summed E-state index contributed by atoms with van der Waals surface area (Å²) in [6.45, 7) is 1.96. The lowest BCUT2D eigenvalue weighted by Gasteiger charge is -2.35. The summed E-state index contributed by atoms with van der Waals surface area (Å²) in [6.07, 6.45) is 4.18. The fourth-order valence-corrected chi connectivity index (χ4v) is 4.83. The minimum Gasteiger partial charge on any atom is -0.493 e. The average Bonchev–Trinajstić information content (AvgIpc) is 3.24. The molecule has 1 saturated carbocycles. The highest BCUT2D eigenvalue weighted by Gasteiger charge is 2.31. The van der Waals surface area contributed by atoms with Gasteiger partial charge in [-0.1, -0.05) is 6.07 Å². The summed E-state index contributed by atoms with van der Waals surface area (Å²) in [4.78, 5) is 23.4. The average molecular weight is 476 g/mol. The monoisotopic (exact) mass is 475 g/mol. The van der Waals surface area contributed by atoms with Gasteiger partial charge in [0.15, 0.2) is 23.0 Å². The molecule has 2 heterocycles. The SMILES string of the molecule is COc1ccc(Nc2nc(-c3ccc4c(c3)CCN4CC3CC(O)C3)cnc2C(N)=O)cc1OC. The number of nitrogens with zero attached hydrogens (tertiary/aromatic N) is 3. The molecule has 2 aliphatic rings. The summed E-state index contributed by atoms with van der Waals surface area (Å²) in [5.41, 5.74) is 10.3. The van der Waals surface area contributed by atoms with Crippen molar-refractivity contribution in [2.45, 2.75) is 25.4 Å². The van der Waals surface area contributed by atoms with Gasteiger partial charge in [-0.2, -0.15) is 0 Å². The minimum absolute atomic E-state index is 0.0542. The number of aromatic nitrogens is 2. The van der Waals surface area contributed by atoms with Crippen LogP contribution in [0.1, 0.15) is 28.9 Å². The van der Waals surface area contributed by atoms with Gasteiger partial charge in [-0.05, 0) is 55.0 Å². The first-order valence-electron chi connectivity index (χ1n) is 11.7. The zero-order valence-corrected chi connectivity index (χ0v) is 19.8. The van der Waals surface area contributed by atoms with Crippen molar-refractivity contribution in [3.63, 3.8) is 0 Å². The predicted octanol–water partition coefficient (Wildman–Crippen LogP) is 3.14. The number of nitrogens with two attached hydrogens (primary N) is 1. The molecule has 0 radical (unpaired) electrons. The molecule has 0 spiro atoms. The molecule has 35 heavy (non-hydrogen) atoms. The number of hydrogen-bond donors (Lipinski definition) is 3. The number of rotatable bonds is 8. The summed E-state index contributed by atoms with van der Waals surface area (Å²) >= 11 is 0. The molecule has 9 heteroatoms. The van der Waals surface area contributed by atoms with E-state index in [-0.39, 0.29) is 17.6 Å². The molecule has 0 unspecified atom stereocenters. The highest BCUT2D eigenvalue weighted by atomic mass is 16.5. The molecule has 1 aliphatic heterocycles. The summed E-state index contributed by atoms with van der Waals surface area (Å²) in [6, 6.07) is 11.6. The number of benzene rings is 2. The van der Waals surface area contributed by atoms with E-state index in [1.165, 1.54) is 11.3 Å². The molecule has 182 valence electrons. The van der Waals surface area contributed by atoms with Crippen molar-refractivity contribution in [1.82, 2.24) is 9.97 Å². The molecule has 1 aliphatic carbocycles. The normalized spacial score (nSPS) is 18.5.